The van der Waals surface area contributed by atoms with Crippen molar-refractivity contribution in [2.45, 2.75) is 25.3 Å². The van der Waals surface area contributed by atoms with E-state index < -0.39 is 0 Å². The lowest BCUT2D eigenvalue weighted by Crippen LogP contribution is -2.49. The number of piperidine rings is 1. The van der Waals surface area contributed by atoms with Crippen molar-refractivity contribution in [1.82, 2.24) is 10.3 Å². The molecule has 1 fully saturated rings. The van der Waals surface area contributed by atoms with Crippen molar-refractivity contribution < 1.29 is 4.79 Å². The van der Waals surface area contributed by atoms with Crippen LogP contribution in [0.25, 0.3) is 10.9 Å². The van der Waals surface area contributed by atoms with E-state index in [2.05, 4.69) is 15.2 Å². The van der Waals surface area contributed by atoms with Crippen LogP contribution in [0.5, 0.6) is 0 Å². The number of nitrogens with two attached hydrogens (primary N) is 1. The van der Waals surface area contributed by atoms with Gasteiger partial charge in [-0.15, -0.1) is 0 Å². The predicted molar refractivity (Wildman–Crippen MR) is 85.2 cm³/mol. The van der Waals surface area contributed by atoms with Gasteiger partial charge in [0, 0.05) is 30.9 Å². The maximum atomic E-state index is 12.2. The van der Waals surface area contributed by atoms with Crippen LogP contribution < -0.4 is 16.0 Å². The van der Waals surface area contributed by atoms with E-state index in [1.54, 1.807) is 13.2 Å². The Morgan fingerprint density at radius 2 is 2.24 bits per heavy atom. The van der Waals surface area contributed by atoms with Gasteiger partial charge in [0.05, 0.1) is 11.2 Å². The van der Waals surface area contributed by atoms with Crippen LogP contribution in [0.2, 0.25) is 0 Å². The summed E-state index contributed by atoms with van der Waals surface area (Å²) >= 11 is 0. The Bertz CT molecular complexity index is 670. The number of likely N-dealkylation sites (N-methyl/N-ethyl adjacent to an activating group) is 1. The molecule has 3 N–H and O–H groups in total. The van der Waals surface area contributed by atoms with Crippen LogP contribution in [-0.4, -0.2) is 30.5 Å². The van der Waals surface area contributed by atoms with Gasteiger partial charge in [-0.1, -0.05) is 12.1 Å². The number of hydrogen-bond donors (Lipinski definition) is 2. The SMILES string of the molecule is CNC(=O)C1CCCCN1c1ccnc2c(N)cccc12. The molecule has 1 amide bonds. The summed E-state index contributed by atoms with van der Waals surface area (Å²) in [6, 6.07) is 7.66. The van der Waals surface area contributed by atoms with Crippen molar-refractivity contribution in [1.29, 1.82) is 0 Å². The Hall–Kier alpha value is -2.30. The number of rotatable bonds is 2. The second-order valence-electron chi connectivity index (χ2n) is 5.39. The predicted octanol–water partition coefficient (Wildman–Crippen LogP) is 1.92. The highest BCUT2D eigenvalue weighted by Crippen LogP contribution is 2.32. The van der Waals surface area contributed by atoms with Gasteiger partial charge in [-0.25, -0.2) is 0 Å². The molecule has 5 nitrogen and oxygen atoms in total. The second kappa shape index (κ2) is 5.60. The maximum Gasteiger partial charge on any atom is 0.242 e. The van der Waals surface area contributed by atoms with Gasteiger partial charge in [0.2, 0.25) is 5.91 Å². The van der Waals surface area contributed by atoms with E-state index in [0.717, 1.165) is 42.4 Å². The van der Waals surface area contributed by atoms with E-state index in [1.807, 2.05) is 24.3 Å². The minimum Gasteiger partial charge on any atom is -0.397 e. The first-order chi connectivity index (χ1) is 10.2. The van der Waals surface area contributed by atoms with Crippen LogP contribution >= 0.6 is 0 Å². The Morgan fingerprint density at radius 1 is 1.38 bits per heavy atom. The molecule has 1 aromatic carbocycles. The number of nitrogen functional groups attached to an aromatic ring is 1. The van der Waals surface area contributed by atoms with Gasteiger partial charge < -0.3 is 16.0 Å². The van der Waals surface area contributed by atoms with Crippen LogP contribution in [0.1, 0.15) is 19.3 Å². The Morgan fingerprint density at radius 3 is 3.05 bits per heavy atom. The van der Waals surface area contributed by atoms with Gasteiger partial charge in [0.1, 0.15) is 6.04 Å². The third kappa shape index (κ3) is 2.39. The summed E-state index contributed by atoms with van der Waals surface area (Å²) in [5.41, 5.74) is 8.53. The lowest BCUT2D eigenvalue weighted by atomic mass is 9.99. The average molecular weight is 284 g/mol. The number of pyridine rings is 1. The summed E-state index contributed by atoms with van der Waals surface area (Å²) in [5, 5.41) is 3.78. The van der Waals surface area contributed by atoms with E-state index in [1.165, 1.54) is 0 Å². The van der Waals surface area contributed by atoms with E-state index in [4.69, 9.17) is 5.73 Å². The molecule has 2 aromatic rings. The molecule has 1 aromatic heterocycles. The van der Waals surface area contributed by atoms with Crippen LogP contribution in [0, 0.1) is 0 Å². The fourth-order valence-corrected chi connectivity index (χ4v) is 3.09. The second-order valence-corrected chi connectivity index (χ2v) is 5.39. The molecule has 5 heteroatoms. The third-order valence-corrected chi connectivity index (χ3v) is 4.14. The number of para-hydroxylation sites is 1. The zero-order valence-electron chi connectivity index (χ0n) is 12.2. The molecule has 1 unspecified atom stereocenters. The monoisotopic (exact) mass is 284 g/mol. The molecule has 0 saturated carbocycles. The molecule has 1 atom stereocenters. The van der Waals surface area contributed by atoms with E-state index in [0.29, 0.717) is 5.69 Å². The number of carbonyl (C=O) groups excluding carboxylic acids is 1. The quantitative estimate of drug-likeness (QED) is 0.827. The van der Waals surface area contributed by atoms with Gasteiger partial charge in [-0.3, -0.25) is 9.78 Å². The van der Waals surface area contributed by atoms with Crippen molar-refractivity contribution in [2.75, 3.05) is 24.2 Å². The summed E-state index contributed by atoms with van der Waals surface area (Å²) in [4.78, 5) is 18.7. The molecule has 0 aliphatic carbocycles. The number of amides is 1. The Kier molecular flexibility index (Phi) is 3.64. The van der Waals surface area contributed by atoms with Crippen LogP contribution in [0.3, 0.4) is 0 Å². The molecule has 0 radical (unpaired) electrons. The lowest BCUT2D eigenvalue weighted by molar-refractivity contribution is -0.122. The van der Waals surface area contributed by atoms with Crippen molar-refractivity contribution in [3.8, 4) is 0 Å². The van der Waals surface area contributed by atoms with E-state index in [9.17, 15) is 4.79 Å². The lowest BCUT2D eigenvalue weighted by Gasteiger charge is -2.36. The normalized spacial score (nSPS) is 18.7. The van der Waals surface area contributed by atoms with Crippen LogP contribution in [0.4, 0.5) is 11.4 Å². The smallest absolute Gasteiger partial charge is 0.242 e. The number of benzene rings is 1. The molecule has 1 saturated heterocycles. The molecular formula is C16H20N4O. The zero-order valence-corrected chi connectivity index (χ0v) is 12.2. The summed E-state index contributed by atoms with van der Waals surface area (Å²) < 4.78 is 0. The van der Waals surface area contributed by atoms with Gasteiger partial charge in [-0.2, -0.15) is 0 Å². The Labute approximate surface area is 124 Å². The first kappa shape index (κ1) is 13.7. The first-order valence-electron chi connectivity index (χ1n) is 7.34. The number of aromatic nitrogens is 1. The maximum absolute atomic E-state index is 12.2. The number of carbonyl (C=O) groups is 1. The minimum atomic E-state index is -0.115. The highest BCUT2D eigenvalue weighted by atomic mass is 16.2. The molecule has 0 bridgehead atoms. The van der Waals surface area contributed by atoms with Crippen LogP contribution in [0.15, 0.2) is 30.5 Å². The average Bonchev–Trinajstić information content (AvgIpc) is 2.54. The van der Waals surface area contributed by atoms with Gasteiger partial charge >= 0.3 is 0 Å². The largest absolute Gasteiger partial charge is 0.397 e. The topological polar surface area (TPSA) is 71.2 Å². The van der Waals surface area contributed by atoms with E-state index >= 15 is 0 Å². The fraction of sp³-hybridized carbons (Fsp3) is 0.375. The molecule has 1 aliphatic rings. The number of nitrogens with one attached hydrogen (secondary N) is 1. The summed E-state index contributed by atoms with van der Waals surface area (Å²) in [6.45, 7) is 0.881. The molecule has 1 aliphatic heterocycles. The summed E-state index contributed by atoms with van der Waals surface area (Å²) in [5.74, 6) is 0.0727. The summed E-state index contributed by atoms with van der Waals surface area (Å²) in [6.07, 6.45) is 4.83. The molecule has 3 rings (SSSR count). The molecule has 21 heavy (non-hydrogen) atoms. The Balaban J connectivity index is 2.09. The molecule has 0 spiro atoms. The third-order valence-electron chi connectivity index (χ3n) is 4.14. The molecule has 2 heterocycles. The van der Waals surface area contributed by atoms with E-state index in [-0.39, 0.29) is 11.9 Å². The number of nitrogens with zero attached hydrogens (tertiary/aromatic N) is 2. The fourth-order valence-electron chi connectivity index (χ4n) is 3.09. The number of anilines is 2. The molecule has 110 valence electrons. The van der Waals surface area contributed by atoms with Crippen molar-refractivity contribution >= 4 is 28.2 Å². The van der Waals surface area contributed by atoms with Gasteiger partial charge in [0.25, 0.3) is 0 Å². The zero-order chi connectivity index (χ0) is 14.8. The van der Waals surface area contributed by atoms with Crippen molar-refractivity contribution in [3.63, 3.8) is 0 Å². The summed E-state index contributed by atoms with van der Waals surface area (Å²) in [7, 11) is 1.69. The standard InChI is InChI=1S/C16H20N4O/c1-18-16(21)14-7-2-3-10-20(14)13-8-9-19-15-11(13)5-4-6-12(15)17/h4-6,8-9,14H,2-3,7,10,17H2,1H3,(H,18,21). The molecular weight excluding hydrogens is 264 g/mol. The highest BCUT2D eigenvalue weighted by molar-refractivity contribution is 5.99. The van der Waals surface area contributed by atoms with Crippen LogP contribution in [-0.2, 0) is 4.79 Å². The minimum absolute atomic E-state index is 0.0727. The van der Waals surface area contributed by atoms with Crippen molar-refractivity contribution in [2.24, 2.45) is 0 Å². The highest BCUT2D eigenvalue weighted by Gasteiger charge is 2.29. The number of hydrogen-bond acceptors (Lipinski definition) is 4. The number of fused-ring (bicyclic) bond motifs is 1. The van der Waals surface area contributed by atoms with Gasteiger partial charge in [-0.05, 0) is 31.4 Å². The van der Waals surface area contributed by atoms with Gasteiger partial charge in [0.15, 0.2) is 0 Å². The first-order valence-corrected chi connectivity index (χ1v) is 7.34. The van der Waals surface area contributed by atoms with Crippen molar-refractivity contribution in [3.05, 3.63) is 30.5 Å².